The van der Waals surface area contributed by atoms with E-state index in [0.29, 0.717) is 9.49 Å². The first-order valence-electron chi connectivity index (χ1n) is 5.29. The molecule has 0 aromatic carbocycles. The first-order valence-corrected chi connectivity index (χ1v) is 8.42. The molecule has 80 valence electrons. The summed E-state index contributed by atoms with van der Waals surface area (Å²) in [6.07, 6.45) is 0. The molecule has 0 saturated heterocycles. The van der Waals surface area contributed by atoms with E-state index in [4.69, 9.17) is 0 Å². The first kappa shape index (κ1) is 13.8. The number of thioether (sulfide) groups is 1. The van der Waals surface area contributed by atoms with Gasteiger partial charge in [0.25, 0.3) is 0 Å². The molecule has 0 aliphatic rings. The van der Waals surface area contributed by atoms with Gasteiger partial charge in [-0.25, -0.2) is 0 Å². The zero-order valence-electron chi connectivity index (χ0n) is 10.6. The quantitative estimate of drug-likeness (QED) is 0.666. The molecular weight excluding hydrogens is 208 g/mol. The van der Waals surface area contributed by atoms with Gasteiger partial charge in [0.05, 0.1) is 0 Å². The molecule has 0 aromatic heterocycles. The molecule has 0 amide bonds. The van der Waals surface area contributed by atoms with Crippen LogP contribution in [0.4, 0.5) is 0 Å². The van der Waals surface area contributed by atoms with Crippen molar-refractivity contribution in [2.75, 3.05) is 0 Å². The first-order chi connectivity index (χ1) is 5.59. The molecule has 0 rings (SSSR count). The fourth-order valence-electron chi connectivity index (χ4n) is 0.914. The lowest BCUT2D eigenvalue weighted by atomic mass is 10.1. The predicted molar refractivity (Wildman–Crippen MR) is 74.5 cm³/mol. The van der Waals surface area contributed by atoms with Gasteiger partial charge in [-0.05, 0) is 11.1 Å². The van der Waals surface area contributed by atoms with E-state index in [9.17, 15) is 0 Å². The molecule has 13 heavy (non-hydrogen) atoms. The Morgan fingerprint density at radius 2 is 1.08 bits per heavy atom. The van der Waals surface area contributed by atoms with Gasteiger partial charge in [0.1, 0.15) is 0 Å². The van der Waals surface area contributed by atoms with Crippen LogP contribution >= 0.6 is 11.8 Å². The van der Waals surface area contributed by atoms with Gasteiger partial charge in [0, 0.05) is 30.0 Å². The standard InChI is InChI=1S/C10H26SSi2/c1-7(12)9(3,4)11-10(5,6)8(2)13/h7-8H,1-6,12-13H3. The summed E-state index contributed by atoms with van der Waals surface area (Å²) in [5.41, 5.74) is 1.77. The molecule has 2 unspecified atom stereocenters. The second kappa shape index (κ2) is 4.54. The Morgan fingerprint density at radius 3 is 1.23 bits per heavy atom. The van der Waals surface area contributed by atoms with Crippen LogP contribution in [0.15, 0.2) is 0 Å². The highest BCUT2D eigenvalue weighted by Crippen LogP contribution is 2.46. The number of rotatable bonds is 4. The van der Waals surface area contributed by atoms with Gasteiger partial charge in [0.2, 0.25) is 0 Å². The van der Waals surface area contributed by atoms with E-state index in [1.807, 2.05) is 0 Å². The Balaban J connectivity index is 4.42. The highest BCUT2D eigenvalue weighted by atomic mass is 32.2. The maximum absolute atomic E-state index is 2.40. The topological polar surface area (TPSA) is 0 Å². The van der Waals surface area contributed by atoms with E-state index in [2.05, 4.69) is 53.3 Å². The van der Waals surface area contributed by atoms with Crippen LogP contribution < -0.4 is 0 Å². The fourth-order valence-corrected chi connectivity index (χ4v) is 3.45. The molecule has 0 nitrogen and oxygen atoms in total. The van der Waals surface area contributed by atoms with Crippen LogP contribution in [-0.4, -0.2) is 30.0 Å². The van der Waals surface area contributed by atoms with E-state index in [-0.39, 0.29) is 0 Å². The Labute approximate surface area is 94.5 Å². The fraction of sp³-hybridized carbons (Fsp3) is 1.00. The lowest BCUT2D eigenvalue weighted by Crippen LogP contribution is -2.31. The molecule has 0 spiro atoms. The van der Waals surface area contributed by atoms with E-state index in [1.54, 1.807) is 0 Å². The van der Waals surface area contributed by atoms with Gasteiger partial charge >= 0.3 is 0 Å². The largest absolute Gasteiger partial charge is 0.150 e. The Hall–Kier alpha value is 0.784. The molecule has 0 N–H and O–H groups in total. The minimum Gasteiger partial charge on any atom is -0.150 e. The molecule has 0 saturated carbocycles. The van der Waals surface area contributed by atoms with Crippen molar-refractivity contribution in [1.82, 2.24) is 0 Å². The SMILES string of the molecule is CC([SiH3])C(C)(C)SC(C)(C)C(C)[SiH3]. The van der Waals surface area contributed by atoms with Gasteiger partial charge < -0.3 is 0 Å². The highest BCUT2D eigenvalue weighted by molar-refractivity contribution is 8.02. The Bertz CT molecular complexity index is 144. The van der Waals surface area contributed by atoms with Gasteiger partial charge in [-0.2, -0.15) is 0 Å². The summed E-state index contributed by atoms with van der Waals surface area (Å²) >= 11 is 2.19. The zero-order valence-corrected chi connectivity index (χ0v) is 15.4. The van der Waals surface area contributed by atoms with Crippen LogP contribution in [0.5, 0.6) is 0 Å². The summed E-state index contributed by atoms with van der Waals surface area (Å²) in [5, 5.41) is 0. The van der Waals surface area contributed by atoms with Gasteiger partial charge in [-0.1, -0.05) is 41.5 Å². The van der Waals surface area contributed by atoms with E-state index >= 15 is 0 Å². The molecule has 0 bridgehead atoms. The van der Waals surface area contributed by atoms with Crippen molar-refractivity contribution < 1.29 is 0 Å². The van der Waals surface area contributed by atoms with Gasteiger partial charge in [-0.3, -0.25) is 0 Å². The van der Waals surface area contributed by atoms with Crippen LogP contribution in [0.1, 0.15) is 41.5 Å². The maximum Gasteiger partial charge on any atom is 0.0102 e. The van der Waals surface area contributed by atoms with Crippen LogP contribution in [0.3, 0.4) is 0 Å². The lowest BCUT2D eigenvalue weighted by Gasteiger charge is -2.39. The second-order valence-corrected chi connectivity index (χ2v) is 11.4. The average Bonchev–Trinajstić information content (AvgIpc) is 1.83. The minimum absolute atomic E-state index is 0.467. The minimum atomic E-state index is 0.467. The third-order valence-corrected chi connectivity index (χ3v) is 9.03. The van der Waals surface area contributed by atoms with E-state index < -0.39 is 0 Å². The molecule has 0 heterocycles. The predicted octanol–water partition coefficient (Wildman–Crippen LogP) is 1.62. The summed E-state index contributed by atoms with van der Waals surface area (Å²) in [4.78, 5) is 0. The second-order valence-electron chi connectivity index (χ2n) is 5.62. The molecule has 2 atom stereocenters. The zero-order chi connectivity index (χ0) is 10.9. The molecule has 0 radical (unpaired) electrons. The van der Waals surface area contributed by atoms with Gasteiger partial charge in [0.15, 0.2) is 0 Å². The summed E-state index contributed by atoms with van der Waals surface area (Å²) in [6.45, 7) is 14.4. The van der Waals surface area contributed by atoms with Crippen molar-refractivity contribution in [3.05, 3.63) is 0 Å². The van der Waals surface area contributed by atoms with Crippen molar-refractivity contribution in [3.63, 3.8) is 0 Å². The Kier molecular flexibility index (Phi) is 4.81. The smallest absolute Gasteiger partial charge is 0.0102 e. The van der Waals surface area contributed by atoms with Crippen molar-refractivity contribution >= 4 is 32.2 Å². The van der Waals surface area contributed by atoms with E-state index in [0.717, 1.165) is 11.1 Å². The lowest BCUT2D eigenvalue weighted by molar-refractivity contribution is 0.630. The molecule has 0 aromatic rings. The monoisotopic (exact) mass is 234 g/mol. The van der Waals surface area contributed by atoms with Crippen molar-refractivity contribution in [1.29, 1.82) is 0 Å². The molecule has 0 fully saturated rings. The van der Waals surface area contributed by atoms with Crippen LogP contribution in [-0.2, 0) is 0 Å². The van der Waals surface area contributed by atoms with Crippen molar-refractivity contribution in [3.8, 4) is 0 Å². The maximum atomic E-state index is 2.40. The highest BCUT2D eigenvalue weighted by Gasteiger charge is 2.33. The third kappa shape index (κ3) is 4.21. The van der Waals surface area contributed by atoms with Crippen molar-refractivity contribution in [2.45, 2.75) is 62.1 Å². The molecule has 0 aliphatic heterocycles. The molecule has 0 aliphatic carbocycles. The summed E-state index contributed by atoms with van der Waals surface area (Å²) in [6, 6.07) is 0. The summed E-state index contributed by atoms with van der Waals surface area (Å²) < 4.78 is 0.933. The van der Waals surface area contributed by atoms with E-state index in [1.165, 1.54) is 20.5 Å². The van der Waals surface area contributed by atoms with Crippen LogP contribution in [0.2, 0.25) is 11.1 Å². The summed E-state index contributed by atoms with van der Waals surface area (Å²) in [5.74, 6) is 0. The number of hydrogen-bond donors (Lipinski definition) is 0. The Morgan fingerprint density at radius 1 is 0.846 bits per heavy atom. The normalized spacial score (nSPS) is 18.9. The number of hydrogen-bond acceptors (Lipinski definition) is 1. The van der Waals surface area contributed by atoms with Gasteiger partial charge in [-0.15, -0.1) is 11.8 Å². The molecular formula is C10H26SSi2. The average molecular weight is 235 g/mol. The van der Waals surface area contributed by atoms with Crippen LogP contribution in [0.25, 0.3) is 0 Å². The van der Waals surface area contributed by atoms with Crippen molar-refractivity contribution in [2.24, 2.45) is 0 Å². The third-order valence-electron chi connectivity index (χ3n) is 3.31. The summed E-state index contributed by atoms with van der Waals surface area (Å²) in [7, 11) is 2.61. The van der Waals surface area contributed by atoms with Crippen LogP contribution in [0, 0.1) is 0 Å². The molecule has 3 heteroatoms.